The van der Waals surface area contributed by atoms with E-state index in [1.54, 1.807) is 0 Å². The lowest BCUT2D eigenvalue weighted by atomic mass is 9.87. The Morgan fingerprint density at radius 2 is 1.87 bits per heavy atom. The van der Waals surface area contributed by atoms with Crippen LogP contribution >= 0.6 is 0 Å². The molecule has 4 atom stereocenters. The highest BCUT2D eigenvalue weighted by molar-refractivity contribution is 5.89. The van der Waals surface area contributed by atoms with Gasteiger partial charge >= 0.3 is 0 Å². The summed E-state index contributed by atoms with van der Waals surface area (Å²) < 4.78 is 0. The quantitative estimate of drug-likeness (QED) is 0.497. The van der Waals surface area contributed by atoms with Crippen LogP contribution in [0.5, 0.6) is 0 Å². The second-order valence-corrected chi connectivity index (χ2v) is 9.66. The van der Waals surface area contributed by atoms with Gasteiger partial charge in [0.15, 0.2) is 0 Å². The van der Waals surface area contributed by atoms with Crippen molar-refractivity contribution in [3.8, 4) is 0 Å². The summed E-state index contributed by atoms with van der Waals surface area (Å²) in [5, 5.41) is 8.32. The maximum Gasteiger partial charge on any atom is 0.243 e. The summed E-state index contributed by atoms with van der Waals surface area (Å²) in [4.78, 5) is 49.0. The first-order valence-corrected chi connectivity index (χ1v) is 11.0. The molecule has 31 heavy (non-hydrogen) atoms. The zero-order chi connectivity index (χ0) is 23.0. The first kappa shape index (κ1) is 24.6. The smallest absolute Gasteiger partial charge is 0.243 e. The molecule has 1 aliphatic heterocycles. The van der Waals surface area contributed by atoms with Gasteiger partial charge in [0.1, 0.15) is 12.3 Å². The van der Waals surface area contributed by atoms with Crippen LogP contribution in [0.2, 0.25) is 0 Å². The Balaban J connectivity index is 2.00. The van der Waals surface area contributed by atoms with Gasteiger partial charge in [0.2, 0.25) is 17.7 Å². The molecule has 2 rings (SSSR count). The fraction of sp³-hybridized carbons (Fsp3) is 0.583. The van der Waals surface area contributed by atoms with Crippen molar-refractivity contribution in [1.82, 2.24) is 16.0 Å². The maximum absolute atomic E-state index is 13.0. The molecule has 7 heteroatoms. The number of hydrogen-bond acceptors (Lipinski definition) is 4. The van der Waals surface area contributed by atoms with Crippen LogP contribution in [-0.4, -0.2) is 42.6 Å². The highest BCUT2D eigenvalue weighted by Gasteiger charge is 2.31. The molecule has 0 saturated carbocycles. The summed E-state index contributed by atoms with van der Waals surface area (Å²) in [6.45, 7) is 8.54. The summed E-state index contributed by atoms with van der Waals surface area (Å²) in [6, 6.07) is 8.24. The molecule has 0 spiro atoms. The van der Waals surface area contributed by atoms with E-state index in [9.17, 15) is 19.2 Å². The normalized spacial score (nSPS) is 19.1. The van der Waals surface area contributed by atoms with Crippen LogP contribution in [0.3, 0.4) is 0 Å². The summed E-state index contributed by atoms with van der Waals surface area (Å²) >= 11 is 0. The van der Waals surface area contributed by atoms with E-state index in [4.69, 9.17) is 0 Å². The summed E-state index contributed by atoms with van der Waals surface area (Å²) in [5.74, 6) is -0.957. The molecule has 0 radical (unpaired) electrons. The van der Waals surface area contributed by atoms with E-state index in [1.165, 1.54) is 0 Å². The molecular weight excluding hydrogens is 394 g/mol. The molecule has 1 heterocycles. The summed E-state index contributed by atoms with van der Waals surface area (Å²) in [7, 11) is 0. The highest BCUT2D eigenvalue weighted by atomic mass is 16.2. The lowest BCUT2D eigenvalue weighted by Gasteiger charge is -2.28. The Labute approximate surface area is 184 Å². The fourth-order valence-corrected chi connectivity index (χ4v) is 3.86. The monoisotopic (exact) mass is 429 g/mol. The van der Waals surface area contributed by atoms with Crippen molar-refractivity contribution in [3.63, 3.8) is 0 Å². The molecule has 7 nitrogen and oxygen atoms in total. The topological polar surface area (TPSA) is 104 Å². The number of aldehydes is 1. The van der Waals surface area contributed by atoms with Gasteiger partial charge in [0.05, 0.1) is 6.04 Å². The van der Waals surface area contributed by atoms with Crippen LogP contribution in [0, 0.1) is 11.3 Å². The van der Waals surface area contributed by atoms with E-state index >= 15 is 0 Å². The SMILES string of the molecule is C[C@H](CC(=O)N[C@@H](CC(C)(C)C)C(=O)N[C@H](C=O)C[C@@H]1CCNC1=O)c1ccccc1. The third-order valence-corrected chi connectivity index (χ3v) is 5.52. The Kier molecular flexibility index (Phi) is 8.77. The van der Waals surface area contributed by atoms with Crippen molar-refractivity contribution < 1.29 is 19.2 Å². The van der Waals surface area contributed by atoms with Crippen LogP contribution in [0.4, 0.5) is 0 Å². The molecule has 0 unspecified atom stereocenters. The van der Waals surface area contributed by atoms with Gasteiger partial charge in [-0.15, -0.1) is 0 Å². The predicted molar refractivity (Wildman–Crippen MR) is 119 cm³/mol. The van der Waals surface area contributed by atoms with E-state index < -0.39 is 18.0 Å². The highest BCUT2D eigenvalue weighted by Crippen LogP contribution is 2.23. The standard InChI is InChI=1S/C24H35N3O4/c1-16(17-8-6-5-7-9-17)12-21(29)27-20(14-24(2,3)4)23(31)26-19(15-28)13-18-10-11-25-22(18)30/h5-9,15-16,18-20H,10-14H2,1-4H3,(H,25,30)(H,26,31)(H,27,29)/t16-,18+,19+,20+/m1/s1. The fourth-order valence-electron chi connectivity index (χ4n) is 3.86. The van der Waals surface area contributed by atoms with Crippen LogP contribution in [0.1, 0.15) is 64.9 Å². The Morgan fingerprint density at radius 1 is 1.19 bits per heavy atom. The largest absolute Gasteiger partial charge is 0.356 e. The molecule has 3 amide bonds. The zero-order valence-electron chi connectivity index (χ0n) is 18.9. The number of amides is 3. The van der Waals surface area contributed by atoms with Gasteiger partial charge in [-0.05, 0) is 36.2 Å². The van der Waals surface area contributed by atoms with Crippen LogP contribution in [0.15, 0.2) is 30.3 Å². The molecule has 1 aromatic rings. The third-order valence-electron chi connectivity index (χ3n) is 5.52. The number of carbonyl (C=O) groups excluding carboxylic acids is 4. The number of carbonyl (C=O) groups is 4. The molecule has 1 saturated heterocycles. The van der Waals surface area contributed by atoms with Gasteiger partial charge in [-0.3, -0.25) is 14.4 Å². The predicted octanol–water partition coefficient (Wildman–Crippen LogP) is 2.31. The van der Waals surface area contributed by atoms with E-state index in [-0.39, 0.29) is 41.9 Å². The van der Waals surface area contributed by atoms with E-state index in [1.807, 2.05) is 58.0 Å². The van der Waals surface area contributed by atoms with Gasteiger partial charge in [-0.25, -0.2) is 0 Å². The Hall–Kier alpha value is -2.70. The van der Waals surface area contributed by atoms with Crippen molar-refractivity contribution in [2.75, 3.05) is 6.54 Å². The Bertz CT molecular complexity index is 773. The van der Waals surface area contributed by atoms with Crippen LogP contribution < -0.4 is 16.0 Å². The first-order chi connectivity index (χ1) is 14.6. The van der Waals surface area contributed by atoms with Gasteiger partial charge in [0, 0.05) is 18.9 Å². The van der Waals surface area contributed by atoms with E-state index in [2.05, 4.69) is 16.0 Å². The molecule has 1 aliphatic rings. The number of benzene rings is 1. The first-order valence-electron chi connectivity index (χ1n) is 11.0. The van der Waals surface area contributed by atoms with Gasteiger partial charge < -0.3 is 20.7 Å². The van der Waals surface area contributed by atoms with Crippen LogP contribution in [0.25, 0.3) is 0 Å². The minimum atomic E-state index is -0.760. The van der Waals surface area contributed by atoms with Crippen molar-refractivity contribution in [1.29, 1.82) is 0 Å². The third kappa shape index (κ3) is 8.15. The molecule has 170 valence electrons. The second kappa shape index (κ2) is 11.1. The number of rotatable bonds is 10. The molecular formula is C24H35N3O4. The van der Waals surface area contributed by atoms with Crippen molar-refractivity contribution in [3.05, 3.63) is 35.9 Å². The number of hydrogen-bond donors (Lipinski definition) is 3. The molecule has 1 fully saturated rings. The molecule has 1 aromatic carbocycles. The van der Waals surface area contributed by atoms with Gasteiger partial charge in [0.25, 0.3) is 0 Å². The molecule has 3 N–H and O–H groups in total. The maximum atomic E-state index is 13.0. The lowest BCUT2D eigenvalue weighted by Crippen LogP contribution is -2.52. The van der Waals surface area contributed by atoms with Gasteiger partial charge in [-0.2, -0.15) is 0 Å². The number of nitrogens with one attached hydrogen (secondary N) is 3. The molecule has 0 bridgehead atoms. The average molecular weight is 430 g/mol. The van der Waals surface area contributed by atoms with Gasteiger partial charge in [-0.1, -0.05) is 58.0 Å². The lowest BCUT2D eigenvalue weighted by molar-refractivity contribution is -0.131. The second-order valence-electron chi connectivity index (χ2n) is 9.66. The zero-order valence-corrected chi connectivity index (χ0v) is 18.9. The summed E-state index contributed by atoms with van der Waals surface area (Å²) in [5.41, 5.74) is 0.854. The minimum absolute atomic E-state index is 0.0168. The average Bonchev–Trinajstić information content (AvgIpc) is 3.10. The molecule has 0 aromatic heterocycles. The summed E-state index contributed by atoms with van der Waals surface area (Å²) in [6.07, 6.45) is 2.27. The van der Waals surface area contributed by atoms with Crippen molar-refractivity contribution in [2.45, 2.75) is 71.4 Å². The van der Waals surface area contributed by atoms with Crippen molar-refractivity contribution in [2.24, 2.45) is 11.3 Å². The van der Waals surface area contributed by atoms with E-state index in [0.717, 1.165) is 5.56 Å². The van der Waals surface area contributed by atoms with Crippen LogP contribution in [-0.2, 0) is 19.2 Å². The van der Waals surface area contributed by atoms with E-state index in [0.29, 0.717) is 25.7 Å². The van der Waals surface area contributed by atoms with Crippen molar-refractivity contribution >= 4 is 24.0 Å². The minimum Gasteiger partial charge on any atom is -0.356 e. The Morgan fingerprint density at radius 3 is 2.42 bits per heavy atom. The molecule has 0 aliphatic carbocycles.